The Morgan fingerprint density at radius 1 is 0.429 bits per heavy atom. The van der Waals surface area contributed by atoms with E-state index in [1.165, 1.54) is 89.9 Å². The molecule has 0 aliphatic rings. The van der Waals surface area contributed by atoms with Crippen molar-refractivity contribution in [2.75, 3.05) is 13.2 Å². The van der Waals surface area contributed by atoms with Crippen LogP contribution < -0.4 is 0 Å². The number of rotatable bonds is 24. The summed E-state index contributed by atoms with van der Waals surface area (Å²) in [6.07, 6.45) is 23.4. The van der Waals surface area contributed by atoms with Crippen molar-refractivity contribution in [1.29, 1.82) is 0 Å². The average molecular weight is 668 g/mol. The molecule has 0 bridgehead atoms. The zero-order valence-electron chi connectivity index (χ0n) is 22.3. The van der Waals surface area contributed by atoms with E-state index in [1.807, 2.05) is 0 Å². The monoisotopic (exact) mass is 668 g/mol. The maximum Gasteiger partial charge on any atom is 2.00 e. The van der Waals surface area contributed by atoms with E-state index in [0.29, 0.717) is 12.8 Å². The van der Waals surface area contributed by atoms with Crippen molar-refractivity contribution in [2.24, 2.45) is 0 Å². The Morgan fingerprint density at radius 3 is 0.829 bits per heavy atom. The van der Waals surface area contributed by atoms with E-state index in [9.17, 15) is 25.9 Å². The Kier molecular flexibility index (Phi) is 34.8. The molecule has 0 aliphatic heterocycles. The molecule has 0 aromatic rings. The normalized spacial score (nSPS) is 11.5. The van der Waals surface area contributed by atoms with Crippen LogP contribution in [-0.4, -0.2) is 88.0 Å². The summed E-state index contributed by atoms with van der Waals surface area (Å²) in [5.41, 5.74) is 0. The molecule has 11 heteroatoms. The van der Waals surface area contributed by atoms with E-state index in [0.717, 1.165) is 25.7 Å². The van der Waals surface area contributed by atoms with Crippen LogP contribution in [0.3, 0.4) is 0 Å². The molecule has 0 fully saturated rings. The summed E-state index contributed by atoms with van der Waals surface area (Å²) in [6, 6.07) is 0. The predicted octanol–water partition coefficient (Wildman–Crippen LogP) is 6.39. The van der Waals surface area contributed by atoms with Gasteiger partial charge in [-0.15, -0.1) is 0 Å². The summed E-state index contributed by atoms with van der Waals surface area (Å²) in [6.45, 7) is 4.49. The van der Waals surface area contributed by atoms with E-state index >= 15 is 0 Å². The summed E-state index contributed by atoms with van der Waals surface area (Å²) in [5, 5.41) is 0. The van der Waals surface area contributed by atoms with Crippen LogP contribution in [0.4, 0.5) is 0 Å². The molecule has 208 valence electrons. The van der Waals surface area contributed by atoms with Crippen LogP contribution >= 0.6 is 0 Å². The second-order valence-electron chi connectivity index (χ2n) is 8.82. The third-order valence-corrected chi connectivity index (χ3v) is 6.36. The number of unbranched alkanes of at least 4 members (excludes halogenated alkanes) is 18. The quantitative estimate of drug-likeness (QED) is 0.0501. The van der Waals surface area contributed by atoms with Gasteiger partial charge < -0.3 is 9.11 Å². The van der Waals surface area contributed by atoms with E-state index in [-0.39, 0.29) is 62.1 Å². The van der Waals surface area contributed by atoms with Gasteiger partial charge in [-0.2, -0.15) is 0 Å². The summed E-state index contributed by atoms with van der Waals surface area (Å²) in [4.78, 5) is 0. The second-order valence-corrected chi connectivity index (χ2v) is 10.9. The smallest absolute Gasteiger partial charge is 0.726 e. The molecular weight excluding hydrogens is 618 g/mol. The van der Waals surface area contributed by atoms with Gasteiger partial charge in [-0.05, 0) is 12.8 Å². The Morgan fingerprint density at radius 2 is 0.629 bits per heavy atom. The fraction of sp³-hybridized carbons (Fsp3) is 1.00. The molecule has 0 spiro atoms. The third-order valence-electron chi connectivity index (χ3n) is 5.45. The van der Waals surface area contributed by atoms with E-state index in [1.54, 1.807) is 0 Å². The Bertz CT molecular complexity index is 559. The van der Waals surface area contributed by atoms with Gasteiger partial charge in [0.1, 0.15) is 0 Å². The molecule has 0 amide bonds. The molecule has 0 unspecified atom stereocenters. The van der Waals surface area contributed by atoms with Gasteiger partial charge in [0.25, 0.3) is 0 Å². The van der Waals surface area contributed by atoms with Gasteiger partial charge in [0.2, 0.25) is 20.8 Å². The molecule has 0 atom stereocenters. The van der Waals surface area contributed by atoms with Crippen LogP contribution in [0.1, 0.15) is 142 Å². The summed E-state index contributed by atoms with van der Waals surface area (Å²) >= 11 is 0. The van der Waals surface area contributed by atoms with Crippen LogP contribution in [-0.2, 0) is 29.2 Å². The van der Waals surface area contributed by atoms with Gasteiger partial charge in [0, 0.05) is 0 Å². The molecule has 0 rings (SSSR count). The van der Waals surface area contributed by atoms with Crippen molar-refractivity contribution < 1.29 is 34.3 Å². The average Bonchev–Trinajstić information content (AvgIpc) is 2.75. The minimum Gasteiger partial charge on any atom is -0.726 e. The molecule has 0 saturated carbocycles. The summed E-state index contributed by atoms with van der Waals surface area (Å²) in [5.74, 6) is 0. The van der Waals surface area contributed by atoms with Crippen LogP contribution in [0.5, 0.6) is 0 Å². The third kappa shape index (κ3) is 45.6. The molecule has 0 N–H and O–H groups in total. The van der Waals surface area contributed by atoms with Gasteiger partial charge in [-0.25, -0.2) is 16.8 Å². The fourth-order valence-electron chi connectivity index (χ4n) is 3.50. The second kappa shape index (κ2) is 29.9. The Balaban J connectivity index is -0.000000569. The molecule has 0 saturated heterocycles. The molecular formula is C24H50BaO8S2. The van der Waals surface area contributed by atoms with Crippen molar-refractivity contribution in [3.05, 3.63) is 0 Å². The molecule has 0 heterocycles. The Hall–Kier alpha value is 1.31. The van der Waals surface area contributed by atoms with E-state index in [4.69, 9.17) is 0 Å². The van der Waals surface area contributed by atoms with Crippen LogP contribution in [0, 0.1) is 0 Å². The van der Waals surface area contributed by atoms with Crippen LogP contribution in [0.15, 0.2) is 0 Å². The van der Waals surface area contributed by atoms with Crippen LogP contribution in [0.25, 0.3) is 0 Å². The topological polar surface area (TPSA) is 133 Å². The predicted molar refractivity (Wildman–Crippen MR) is 141 cm³/mol. The fourth-order valence-corrected chi connectivity index (χ4v) is 4.14. The first-order valence-corrected chi connectivity index (χ1v) is 16.0. The zero-order valence-corrected chi connectivity index (χ0v) is 28.4. The van der Waals surface area contributed by atoms with Gasteiger partial charge in [-0.1, -0.05) is 129 Å². The number of hydrogen-bond donors (Lipinski definition) is 0. The molecule has 8 nitrogen and oxygen atoms in total. The van der Waals surface area contributed by atoms with Gasteiger partial charge in [0.05, 0.1) is 13.2 Å². The first kappa shape index (κ1) is 40.8. The minimum atomic E-state index is -4.48. The SMILES string of the molecule is CCCCCCCCCCCCOS(=O)(=O)[O-].CCCCCCCCCCCCOS(=O)(=O)[O-].[Ba+2]. The first-order chi connectivity index (χ1) is 16.1. The standard InChI is InChI=1S/2C12H26O4S.Ba/c2*1-2-3-4-5-6-7-8-9-10-11-12-16-17(13,14)15;/h2*2-12H2,1H3,(H,13,14,15);/q;;+2/p-2. The van der Waals surface area contributed by atoms with Crippen molar-refractivity contribution in [1.82, 2.24) is 0 Å². The molecule has 0 aromatic carbocycles. The van der Waals surface area contributed by atoms with Crippen LogP contribution in [0.2, 0.25) is 0 Å². The molecule has 0 aliphatic carbocycles. The van der Waals surface area contributed by atoms with Gasteiger partial charge in [0.15, 0.2) is 0 Å². The van der Waals surface area contributed by atoms with Crippen molar-refractivity contribution >= 4 is 69.7 Å². The Labute approximate surface area is 257 Å². The van der Waals surface area contributed by atoms with Gasteiger partial charge >= 0.3 is 48.9 Å². The molecule has 0 radical (unpaired) electrons. The largest absolute Gasteiger partial charge is 2.00 e. The minimum absolute atomic E-state index is 0. The zero-order chi connectivity index (χ0) is 26.0. The van der Waals surface area contributed by atoms with Crippen molar-refractivity contribution in [3.63, 3.8) is 0 Å². The van der Waals surface area contributed by atoms with E-state index in [2.05, 4.69) is 22.2 Å². The van der Waals surface area contributed by atoms with Crippen molar-refractivity contribution in [2.45, 2.75) is 142 Å². The van der Waals surface area contributed by atoms with Crippen molar-refractivity contribution in [3.8, 4) is 0 Å². The summed E-state index contributed by atoms with van der Waals surface area (Å²) in [7, 11) is -8.97. The number of hydrogen-bond acceptors (Lipinski definition) is 8. The molecule has 0 aromatic heterocycles. The molecule has 35 heavy (non-hydrogen) atoms. The maximum absolute atomic E-state index is 10.1. The summed E-state index contributed by atoms with van der Waals surface area (Å²) < 4.78 is 68.9. The maximum atomic E-state index is 10.1. The van der Waals surface area contributed by atoms with Gasteiger partial charge in [-0.3, -0.25) is 8.37 Å². The van der Waals surface area contributed by atoms with E-state index < -0.39 is 20.8 Å². The first-order valence-electron chi connectivity index (χ1n) is 13.3.